The standard InChI is InChI=1S/C25H28FN5O3S/c1-17(27-23(32)15-8-18-4-2-3-5-18)24-28-29-25(35-16-19-6-9-20(26)10-7-19)30(24)21-11-13-22(14-12-21)31(33)34/h6-7,9-14,17-18H,2-5,8,15-16H2,1H3,(H,27,32). The van der Waals surface area contributed by atoms with E-state index in [2.05, 4.69) is 15.5 Å². The molecule has 1 unspecified atom stereocenters. The van der Waals surface area contributed by atoms with E-state index in [-0.39, 0.29) is 17.4 Å². The molecule has 1 aromatic heterocycles. The van der Waals surface area contributed by atoms with Crippen molar-refractivity contribution in [1.29, 1.82) is 0 Å². The van der Waals surface area contributed by atoms with Crippen molar-refractivity contribution in [2.75, 3.05) is 0 Å². The van der Waals surface area contributed by atoms with Crippen molar-refractivity contribution < 1.29 is 14.1 Å². The van der Waals surface area contributed by atoms with Crippen LogP contribution in [0.2, 0.25) is 0 Å². The Bertz CT molecular complexity index is 1160. The number of amides is 1. The maximum absolute atomic E-state index is 13.2. The number of halogens is 1. The molecular formula is C25H28FN5O3S. The number of hydrogen-bond donors (Lipinski definition) is 1. The number of nitrogens with zero attached hydrogens (tertiary/aromatic N) is 4. The first-order chi connectivity index (χ1) is 16.9. The maximum atomic E-state index is 13.2. The van der Waals surface area contributed by atoms with Gasteiger partial charge in [-0.25, -0.2) is 4.39 Å². The number of non-ortho nitro benzene ring substituents is 1. The van der Waals surface area contributed by atoms with E-state index in [1.807, 2.05) is 6.92 Å². The molecule has 1 N–H and O–H groups in total. The number of benzene rings is 2. The molecule has 1 aliphatic carbocycles. The second-order valence-corrected chi connectivity index (χ2v) is 9.79. The second kappa shape index (κ2) is 11.4. The highest BCUT2D eigenvalue weighted by Crippen LogP contribution is 2.30. The molecule has 1 saturated carbocycles. The maximum Gasteiger partial charge on any atom is 0.269 e. The molecule has 8 nitrogen and oxygen atoms in total. The number of rotatable bonds is 10. The summed E-state index contributed by atoms with van der Waals surface area (Å²) in [6.07, 6.45) is 6.27. The van der Waals surface area contributed by atoms with Gasteiger partial charge in [0, 0.05) is 30.0 Å². The third kappa shape index (κ3) is 6.45. The van der Waals surface area contributed by atoms with Crippen LogP contribution in [0, 0.1) is 21.8 Å². The monoisotopic (exact) mass is 497 g/mol. The lowest BCUT2D eigenvalue weighted by molar-refractivity contribution is -0.384. The molecule has 0 saturated heterocycles. The Morgan fingerprint density at radius 1 is 1.17 bits per heavy atom. The minimum absolute atomic E-state index is 0.0165. The number of aromatic nitrogens is 3. The Hall–Kier alpha value is -3.27. The molecule has 0 bridgehead atoms. The van der Waals surface area contributed by atoms with Crippen LogP contribution in [0.1, 0.15) is 62.9 Å². The van der Waals surface area contributed by atoms with Gasteiger partial charge in [-0.15, -0.1) is 10.2 Å². The smallest absolute Gasteiger partial charge is 0.269 e. The second-order valence-electron chi connectivity index (χ2n) is 8.84. The van der Waals surface area contributed by atoms with E-state index in [1.54, 1.807) is 28.8 Å². The number of nitrogens with one attached hydrogen (secondary N) is 1. The normalized spacial score (nSPS) is 14.7. The van der Waals surface area contributed by atoms with Gasteiger partial charge in [-0.1, -0.05) is 49.6 Å². The predicted molar refractivity (Wildman–Crippen MR) is 132 cm³/mol. The molecule has 1 heterocycles. The zero-order valence-corrected chi connectivity index (χ0v) is 20.3. The Labute approximate surface area is 207 Å². The number of nitro groups is 1. The number of thioether (sulfide) groups is 1. The number of carbonyl (C=O) groups is 1. The molecule has 10 heteroatoms. The first-order valence-electron chi connectivity index (χ1n) is 11.8. The molecule has 1 aliphatic rings. The lowest BCUT2D eigenvalue weighted by Crippen LogP contribution is -2.28. The fraction of sp³-hybridized carbons (Fsp3) is 0.400. The van der Waals surface area contributed by atoms with Gasteiger partial charge in [0.15, 0.2) is 11.0 Å². The van der Waals surface area contributed by atoms with Gasteiger partial charge in [0.2, 0.25) is 5.91 Å². The summed E-state index contributed by atoms with van der Waals surface area (Å²) in [5.74, 6) is 1.38. The zero-order chi connectivity index (χ0) is 24.8. The third-order valence-corrected chi connectivity index (χ3v) is 7.28. The van der Waals surface area contributed by atoms with E-state index in [4.69, 9.17) is 0 Å². The van der Waals surface area contributed by atoms with E-state index in [9.17, 15) is 19.3 Å². The molecule has 1 atom stereocenters. The minimum atomic E-state index is -0.450. The fourth-order valence-electron chi connectivity index (χ4n) is 4.36. The first-order valence-corrected chi connectivity index (χ1v) is 12.8. The minimum Gasteiger partial charge on any atom is -0.346 e. The average molecular weight is 498 g/mol. The molecule has 184 valence electrons. The molecular weight excluding hydrogens is 469 g/mol. The van der Waals surface area contributed by atoms with Crippen molar-refractivity contribution in [3.05, 3.63) is 75.9 Å². The summed E-state index contributed by atoms with van der Waals surface area (Å²) in [6.45, 7) is 1.85. The van der Waals surface area contributed by atoms with Gasteiger partial charge in [0.05, 0.1) is 11.0 Å². The van der Waals surface area contributed by atoms with Crippen LogP contribution in [0.4, 0.5) is 10.1 Å². The van der Waals surface area contributed by atoms with Gasteiger partial charge < -0.3 is 5.32 Å². The van der Waals surface area contributed by atoms with Gasteiger partial charge in [-0.3, -0.25) is 19.5 Å². The SMILES string of the molecule is CC(NC(=O)CCC1CCCC1)c1nnc(SCc2ccc(F)cc2)n1-c1ccc([N+](=O)[O-])cc1. The summed E-state index contributed by atoms with van der Waals surface area (Å²) in [6, 6.07) is 12.0. The zero-order valence-electron chi connectivity index (χ0n) is 19.5. The Morgan fingerprint density at radius 2 is 1.86 bits per heavy atom. The molecule has 3 aromatic rings. The van der Waals surface area contributed by atoms with Gasteiger partial charge in [0.25, 0.3) is 5.69 Å². The van der Waals surface area contributed by atoms with E-state index in [0.29, 0.717) is 34.8 Å². The summed E-state index contributed by atoms with van der Waals surface area (Å²) >= 11 is 1.42. The van der Waals surface area contributed by atoms with Crippen LogP contribution in [0.25, 0.3) is 5.69 Å². The van der Waals surface area contributed by atoms with Crippen molar-refractivity contribution in [3.8, 4) is 5.69 Å². The highest BCUT2D eigenvalue weighted by molar-refractivity contribution is 7.98. The molecule has 35 heavy (non-hydrogen) atoms. The topological polar surface area (TPSA) is 103 Å². The van der Waals surface area contributed by atoms with Crippen LogP contribution in [0.15, 0.2) is 53.7 Å². The quantitative estimate of drug-likeness (QED) is 0.217. The molecule has 1 fully saturated rings. The van der Waals surface area contributed by atoms with Gasteiger partial charge in [-0.2, -0.15) is 0 Å². The summed E-state index contributed by atoms with van der Waals surface area (Å²) in [7, 11) is 0. The van der Waals surface area contributed by atoms with E-state index >= 15 is 0 Å². The molecule has 1 amide bonds. The largest absolute Gasteiger partial charge is 0.346 e. The molecule has 0 aliphatic heterocycles. The molecule has 2 aromatic carbocycles. The molecule has 0 spiro atoms. The van der Waals surface area contributed by atoms with Gasteiger partial charge in [0.1, 0.15) is 5.82 Å². The number of carbonyl (C=O) groups excluding carboxylic acids is 1. The van der Waals surface area contributed by atoms with Crippen LogP contribution in [0.3, 0.4) is 0 Å². The van der Waals surface area contributed by atoms with Gasteiger partial charge in [-0.05, 0) is 49.1 Å². The Morgan fingerprint density at radius 3 is 2.51 bits per heavy atom. The van der Waals surface area contributed by atoms with E-state index in [1.165, 1.54) is 61.7 Å². The fourth-order valence-corrected chi connectivity index (χ4v) is 5.28. The van der Waals surface area contributed by atoms with Crippen molar-refractivity contribution in [3.63, 3.8) is 0 Å². The number of nitro benzene ring substituents is 1. The van der Waals surface area contributed by atoms with Crippen molar-refractivity contribution in [2.24, 2.45) is 5.92 Å². The summed E-state index contributed by atoms with van der Waals surface area (Å²) in [4.78, 5) is 23.3. The highest BCUT2D eigenvalue weighted by Gasteiger charge is 2.23. The van der Waals surface area contributed by atoms with Crippen molar-refractivity contribution in [2.45, 2.75) is 62.4 Å². The summed E-state index contributed by atoms with van der Waals surface area (Å²) in [5.41, 5.74) is 1.56. The van der Waals surface area contributed by atoms with Crippen molar-refractivity contribution >= 4 is 23.4 Å². The van der Waals surface area contributed by atoms with Crippen LogP contribution >= 0.6 is 11.8 Å². The van der Waals surface area contributed by atoms with Crippen LogP contribution in [-0.4, -0.2) is 25.6 Å². The predicted octanol–water partition coefficient (Wildman–Crippen LogP) is 5.75. The van der Waals surface area contributed by atoms with Crippen LogP contribution in [-0.2, 0) is 10.5 Å². The van der Waals surface area contributed by atoms with E-state index < -0.39 is 11.0 Å². The average Bonchev–Trinajstić information content (AvgIpc) is 3.52. The van der Waals surface area contributed by atoms with Gasteiger partial charge >= 0.3 is 0 Å². The molecule has 4 rings (SSSR count). The van der Waals surface area contributed by atoms with Crippen molar-refractivity contribution in [1.82, 2.24) is 20.1 Å². The number of hydrogen-bond acceptors (Lipinski definition) is 6. The highest BCUT2D eigenvalue weighted by atomic mass is 32.2. The lowest BCUT2D eigenvalue weighted by Gasteiger charge is -2.17. The summed E-state index contributed by atoms with van der Waals surface area (Å²) < 4.78 is 15.1. The van der Waals surface area contributed by atoms with Crippen LogP contribution in [0.5, 0.6) is 0 Å². The Kier molecular flexibility index (Phi) is 8.12. The molecule has 0 radical (unpaired) electrons. The Balaban J connectivity index is 1.53. The van der Waals surface area contributed by atoms with Crippen LogP contribution < -0.4 is 5.32 Å². The third-order valence-electron chi connectivity index (χ3n) is 6.28. The van der Waals surface area contributed by atoms with E-state index in [0.717, 1.165) is 12.0 Å². The lowest BCUT2D eigenvalue weighted by atomic mass is 10.0. The summed E-state index contributed by atoms with van der Waals surface area (Å²) in [5, 5.41) is 23.4. The first kappa shape index (κ1) is 24.8.